The minimum Gasteiger partial charge on any atom is -0.327 e. The number of nitrogens with zero attached hydrogens (tertiary/aromatic N) is 1. The number of hydrogen-bond donors (Lipinski definition) is 1. The van der Waals surface area contributed by atoms with Crippen molar-refractivity contribution < 1.29 is 0 Å². The Morgan fingerprint density at radius 1 is 0.905 bits per heavy atom. The number of hydrogen-bond acceptors (Lipinski definition) is 2. The van der Waals surface area contributed by atoms with Gasteiger partial charge in [0, 0.05) is 25.7 Å². The molecule has 21 heavy (non-hydrogen) atoms. The standard InChI is InChI=1S/C19H32N2/c20-18-3-1-2-16-10-21(11-17(16)18)12-19-7-13-4-14(8-19)6-15(5-13)9-19/h13-18H,1-12,20H2. The van der Waals surface area contributed by atoms with Crippen molar-refractivity contribution in [3.05, 3.63) is 0 Å². The molecule has 3 unspecified atom stereocenters. The Hall–Kier alpha value is -0.0800. The molecule has 6 aliphatic rings. The van der Waals surface area contributed by atoms with Crippen LogP contribution in [0.25, 0.3) is 0 Å². The lowest BCUT2D eigenvalue weighted by Crippen LogP contribution is -2.51. The van der Waals surface area contributed by atoms with Crippen LogP contribution in [0.5, 0.6) is 0 Å². The van der Waals surface area contributed by atoms with E-state index in [-0.39, 0.29) is 0 Å². The van der Waals surface area contributed by atoms with Gasteiger partial charge in [-0.3, -0.25) is 0 Å². The zero-order valence-corrected chi connectivity index (χ0v) is 13.5. The van der Waals surface area contributed by atoms with E-state index in [9.17, 15) is 0 Å². The Labute approximate surface area is 129 Å². The third kappa shape index (κ3) is 2.20. The fourth-order valence-electron chi connectivity index (χ4n) is 7.70. The van der Waals surface area contributed by atoms with E-state index in [1.54, 1.807) is 38.5 Å². The van der Waals surface area contributed by atoms with Gasteiger partial charge in [-0.1, -0.05) is 6.42 Å². The Bertz CT molecular complexity index is 383. The monoisotopic (exact) mass is 288 g/mol. The Kier molecular flexibility index (Phi) is 3.00. The van der Waals surface area contributed by atoms with Gasteiger partial charge in [0.25, 0.3) is 0 Å². The summed E-state index contributed by atoms with van der Waals surface area (Å²) in [5, 5.41) is 0. The SMILES string of the molecule is NC1CCCC2CN(CC34CC5CC(CC(C5)C3)C4)CC12. The van der Waals surface area contributed by atoms with Gasteiger partial charge in [-0.15, -0.1) is 0 Å². The van der Waals surface area contributed by atoms with Crippen molar-refractivity contribution in [2.24, 2.45) is 40.7 Å². The van der Waals surface area contributed by atoms with Crippen LogP contribution in [0.15, 0.2) is 0 Å². The van der Waals surface area contributed by atoms with E-state index in [0.717, 1.165) is 35.0 Å². The first-order valence-corrected chi connectivity index (χ1v) is 9.67. The van der Waals surface area contributed by atoms with Crippen LogP contribution in [0.3, 0.4) is 0 Å². The molecule has 6 fully saturated rings. The second kappa shape index (κ2) is 4.71. The first kappa shape index (κ1) is 13.4. The van der Waals surface area contributed by atoms with E-state index >= 15 is 0 Å². The molecular formula is C19H32N2. The summed E-state index contributed by atoms with van der Waals surface area (Å²) in [5.41, 5.74) is 7.14. The number of nitrogens with two attached hydrogens (primary N) is 1. The summed E-state index contributed by atoms with van der Waals surface area (Å²) in [4.78, 5) is 2.85. The lowest BCUT2D eigenvalue weighted by Gasteiger charge is -2.57. The van der Waals surface area contributed by atoms with Crippen LogP contribution in [0.1, 0.15) is 57.8 Å². The number of rotatable bonds is 2. The summed E-state index contributed by atoms with van der Waals surface area (Å²) in [6.45, 7) is 4.13. The van der Waals surface area contributed by atoms with Crippen molar-refractivity contribution in [3.8, 4) is 0 Å². The molecule has 2 nitrogen and oxygen atoms in total. The van der Waals surface area contributed by atoms with E-state index in [4.69, 9.17) is 5.73 Å². The highest BCUT2D eigenvalue weighted by molar-refractivity contribution is 5.04. The van der Waals surface area contributed by atoms with E-state index in [1.807, 2.05) is 0 Å². The van der Waals surface area contributed by atoms with Crippen molar-refractivity contribution in [2.45, 2.75) is 63.8 Å². The van der Waals surface area contributed by atoms with E-state index < -0.39 is 0 Å². The van der Waals surface area contributed by atoms with Crippen LogP contribution in [0.4, 0.5) is 0 Å². The highest BCUT2D eigenvalue weighted by atomic mass is 15.2. The Morgan fingerprint density at radius 3 is 2.19 bits per heavy atom. The molecular weight excluding hydrogens is 256 g/mol. The van der Waals surface area contributed by atoms with E-state index in [1.165, 1.54) is 38.9 Å². The van der Waals surface area contributed by atoms with Gasteiger partial charge in [-0.05, 0) is 86.4 Å². The molecule has 2 N–H and O–H groups in total. The van der Waals surface area contributed by atoms with Crippen molar-refractivity contribution >= 4 is 0 Å². The summed E-state index contributed by atoms with van der Waals surface area (Å²) in [6.07, 6.45) is 13.6. The summed E-state index contributed by atoms with van der Waals surface area (Å²) < 4.78 is 0. The van der Waals surface area contributed by atoms with Crippen molar-refractivity contribution in [3.63, 3.8) is 0 Å². The van der Waals surface area contributed by atoms with Gasteiger partial charge in [0.15, 0.2) is 0 Å². The van der Waals surface area contributed by atoms with Gasteiger partial charge in [-0.25, -0.2) is 0 Å². The van der Waals surface area contributed by atoms with Crippen molar-refractivity contribution in [2.75, 3.05) is 19.6 Å². The third-order valence-electron chi connectivity index (χ3n) is 7.95. The molecule has 0 aromatic carbocycles. The molecule has 0 spiro atoms. The molecule has 0 radical (unpaired) electrons. The highest BCUT2D eigenvalue weighted by Gasteiger charge is 2.52. The van der Waals surface area contributed by atoms with Gasteiger partial charge in [0.1, 0.15) is 0 Å². The van der Waals surface area contributed by atoms with Gasteiger partial charge in [0.05, 0.1) is 0 Å². The minimum atomic E-state index is 0.505. The quantitative estimate of drug-likeness (QED) is 0.845. The molecule has 0 amide bonds. The van der Waals surface area contributed by atoms with Gasteiger partial charge in [0.2, 0.25) is 0 Å². The summed E-state index contributed by atoms with van der Waals surface area (Å²) >= 11 is 0. The topological polar surface area (TPSA) is 29.3 Å². The number of fused-ring (bicyclic) bond motifs is 1. The average molecular weight is 288 g/mol. The molecule has 1 heterocycles. The molecule has 1 saturated heterocycles. The molecule has 118 valence electrons. The van der Waals surface area contributed by atoms with Crippen molar-refractivity contribution in [1.29, 1.82) is 0 Å². The fraction of sp³-hybridized carbons (Fsp3) is 1.00. The third-order valence-corrected chi connectivity index (χ3v) is 7.95. The molecule has 3 atom stereocenters. The smallest absolute Gasteiger partial charge is 0.00825 e. The second-order valence-electron chi connectivity index (χ2n) is 9.63. The Morgan fingerprint density at radius 2 is 1.57 bits per heavy atom. The maximum atomic E-state index is 6.42. The molecule has 6 rings (SSSR count). The van der Waals surface area contributed by atoms with Crippen LogP contribution in [0, 0.1) is 35.0 Å². The molecule has 0 aromatic heterocycles. The fourth-order valence-corrected chi connectivity index (χ4v) is 7.70. The molecule has 0 aromatic rings. The molecule has 5 saturated carbocycles. The highest BCUT2D eigenvalue weighted by Crippen LogP contribution is 2.60. The van der Waals surface area contributed by atoms with E-state index in [0.29, 0.717) is 6.04 Å². The normalized spacial score (nSPS) is 55.9. The second-order valence-corrected chi connectivity index (χ2v) is 9.63. The Balaban J connectivity index is 1.30. The minimum absolute atomic E-state index is 0.505. The summed E-state index contributed by atoms with van der Waals surface area (Å²) in [5.74, 6) is 5.06. The first-order chi connectivity index (χ1) is 10.2. The maximum Gasteiger partial charge on any atom is 0.00825 e. The van der Waals surface area contributed by atoms with Crippen LogP contribution in [-0.2, 0) is 0 Å². The number of likely N-dealkylation sites (tertiary alicyclic amines) is 1. The van der Waals surface area contributed by atoms with E-state index in [2.05, 4.69) is 4.90 Å². The van der Waals surface area contributed by atoms with Crippen LogP contribution in [-0.4, -0.2) is 30.6 Å². The lowest BCUT2D eigenvalue weighted by molar-refractivity contribution is -0.0671. The predicted octanol–water partition coefficient (Wildman–Crippen LogP) is 3.26. The van der Waals surface area contributed by atoms with Crippen molar-refractivity contribution in [1.82, 2.24) is 4.90 Å². The summed E-state index contributed by atoms with van der Waals surface area (Å²) in [6, 6.07) is 0.505. The zero-order valence-electron chi connectivity index (χ0n) is 13.5. The molecule has 2 heteroatoms. The zero-order chi connectivity index (χ0) is 14.0. The summed E-state index contributed by atoms with van der Waals surface area (Å²) in [7, 11) is 0. The van der Waals surface area contributed by atoms with Crippen LogP contribution in [0.2, 0.25) is 0 Å². The lowest BCUT2D eigenvalue weighted by atomic mass is 9.49. The van der Waals surface area contributed by atoms with Gasteiger partial charge >= 0.3 is 0 Å². The molecule has 5 aliphatic carbocycles. The van der Waals surface area contributed by atoms with Crippen LogP contribution >= 0.6 is 0 Å². The molecule has 1 aliphatic heterocycles. The first-order valence-electron chi connectivity index (χ1n) is 9.67. The largest absolute Gasteiger partial charge is 0.327 e. The predicted molar refractivity (Wildman–Crippen MR) is 85.9 cm³/mol. The average Bonchev–Trinajstić information content (AvgIpc) is 2.80. The maximum absolute atomic E-state index is 6.42. The molecule has 4 bridgehead atoms. The van der Waals surface area contributed by atoms with Gasteiger partial charge in [-0.2, -0.15) is 0 Å². The van der Waals surface area contributed by atoms with Gasteiger partial charge < -0.3 is 10.6 Å². The van der Waals surface area contributed by atoms with Crippen LogP contribution < -0.4 is 5.73 Å².